The van der Waals surface area contributed by atoms with E-state index in [0.717, 1.165) is 17.0 Å². The molecule has 7 nitrogen and oxygen atoms in total. The number of cyclic esters (lactones) is 1. The number of ether oxygens (including phenoxy) is 1. The van der Waals surface area contributed by atoms with Gasteiger partial charge in [0.25, 0.3) is 5.91 Å². The molecule has 10 heteroatoms. The predicted molar refractivity (Wildman–Crippen MR) is 83.2 cm³/mol. The average molecular weight is 372 g/mol. The van der Waals surface area contributed by atoms with Crippen molar-refractivity contribution in [2.45, 2.75) is 24.9 Å². The summed E-state index contributed by atoms with van der Waals surface area (Å²) >= 11 is 0. The standard InChI is InChI=1S/C15H14F2N2O5S/c16-9-4-8(19-6-11(14(18)21)24-15(19)22)5-10(17)13(9)7-1-2-25(23)12(20)3-7/h4-5,7,11H,1-3,6H2,(H2,18,21)/t7-,11-,25-/m1/s1. The lowest BCUT2D eigenvalue weighted by atomic mass is 9.92. The molecule has 0 saturated carbocycles. The Morgan fingerprint density at radius 3 is 2.44 bits per heavy atom. The zero-order chi connectivity index (χ0) is 18.3. The number of nitrogens with zero attached hydrogens (tertiary/aromatic N) is 1. The summed E-state index contributed by atoms with van der Waals surface area (Å²) in [6, 6.07) is 1.89. The second-order valence-corrected chi connectivity index (χ2v) is 7.37. The third-order valence-electron chi connectivity index (χ3n) is 4.23. The molecule has 2 aliphatic rings. The highest BCUT2D eigenvalue weighted by atomic mass is 32.2. The van der Waals surface area contributed by atoms with Gasteiger partial charge in [-0.3, -0.25) is 18.7 Å². The minimum Gasteiger partial charge on any atom is -0.434 e. The van der Waals surface area contributed by atoms with Gasteiger partial charge in [-0.2, -0.15) is 0 Å². The number of carbonyl (C=O) groups excluding carboxylic acids is 3. The molecule has 2 fully saturated rings. The van der Waals surface area contributed by atoms with Crippen LogP contribution in [0.15, 0.2) is 12.1 Å². The zero-order valence-electron chi connectivity index (χ0n) is 12.9. The molecule has 2 N–H and O–H groups in total. The minimum atomic E-state index is -1.61. The summed E-state index contributed by atoms with van der Waals surface area (Å²) in [6.07, 6.45) is -2.10. The Labute approximate surface area is 143 Å². The van der Waals surface area contributed by atoms with E-state index in [1.54, 1.807) is 0 Å². The number of amides is 2. The van der Waals surface area contributed by atoms with Crippen molar-refractivity contribution in [1.29, 1.82) is 0 Å². The third-order valence-corrected chi connectivity index (χ3v) is 5.51. The van der Waals surface area contributed by atoms with E-state index in [2.05, 4.69) is 0 Å². The first-order valence-corrected chi connectivity index (χ1v) is 8.77. The molecule has 2 amide bonds. The van der Waals surface area contributed by atoms with Crippen LogP contribution in [0.3, 0.4) is 0 Å². The maximum atomic E-state index is 14.5. The topological polar surface area (TPSA) is 107 Å². The number of nitrogens with two attached hydrogens (primary N) is 1. The van der Waals surface area contributed by atoms with Crippen molar-refractivity contribution < 1.29 is 32.1 Å². The maximum Gasteiger partial charge on any atom is 0.415 e. The number of benzene rings is 1. The van der Waals surface area contributed by atoms with Gasteiger partial charge >= 0.3 is 6.09 Å². The molecule has 2 heterocycles. The van der Waals surface area contributed by atoms with Gasteiger partial charge in [-0.1, -0.05) is 0 Å². The van der Waals surface area contributed by atoms with Crippen LogP contribution >= 0.6 is 0 Å². The van der Waals surface area contributed by atoms with Crippen LogP contribution in [0, 0.1) is 11.6 Å². The van der Waals surface area contributed by atoms with Gasteiger partial charge in [0.2, 0.25) is 5.12 Å². The fraction of sp³-hybridized carbons (Fsp3) is 0.400. The van der Waals surface area contributed by atoms with Crippen LogP contribution in [-0.4, -0.2) is 39.7 Å². The van der Waals surface area contributed by atoms with Crippen molar-refractivity contribution in [3.8, 4) is 0 Å². The normalized spacial score (nSPS) is 26.6. The summed E-state index contributed by atoms with van der Waals surface area (Å²) in [5.41, 5.74) is 4.67. The van der Waals surface area contributed by atoms with Gasteiger partial charge in [-0.15, -0.1) is 0 Å². The molecule has 0 bridgehead atoms. The van der Waals surface area contributed by atoms with Crippen molar-refractivity contribution in [2.75, 3.05) is 17.2 Å². The van der Waals surface area contributed by atoms with Crippen LogP contribution in [0.25, 0.3) is 0 Å². The van der Waals surface area contributed by atoms with E-state index in [0.29, 0.717) is 0 Å². The number of rotatable bonds is 3. The molecule has 2 aliphatic heterocycles. The van der Waals surface area contributed by atoms with Gasteiger partial charge < -0.3 is 10.5 Å². The van der Waals surface area contributed by atoms with Crippen LogP contribution in [0.4, 0.5) is 19.3 Å². The fourth-order valence-corrected chi connectivity index (χ4v) is 4.06. The van der Waals surface area contributed by atoms with Crippen LogP contribution < -0.4 is 10.6 Å². The van der Waals surface area contributed by atoms with Gasteiger partial charge in [-0.05, 0) is 24.5 Å². The van der Waals surface area contributed by atoms with Crippen LogP contribution in [0.5, 0.6) is 0 Å². The monoisotopic (exact) mass is 372 g/mol. The summed E-state index contributed by atoms with van der Waals surface area (Å²) < 4.78 is 45.0. The molecule has 3 atom stereocenters. The Hall–Kier alpha value is -2.36. The van der Waals surface area contributed by atoms with E-state index in [4.69, 9.17) is 10.5 Å². The van der Waals surface area contributed by atoms with Crippen LogP contribution in [0.2, 0.25) is 0 Å². The molecule has 2 saturated heterocycles. The second-order valence-electron chi connectivity index (χ2n) is 5.82. The summed E-state index contributed by atoms with van der Waals surface area (Å²) in [4.78, 5) is 35.3. The SMILES string of the molecule is NC(=O)[C@H]1CN(c2cc(F)c([C@@H]3CC[S@@](=O)C(=O)C3)c(F)c2)C(=O)O1. The minimum absolute atomic E-state index is 0.0584. The molecule has 0 aliphatic carbocycles. The molecule has 1 aromatic carbocycles. The number of carbonyl (C=O) groups is 3. The first-order valence-electron chi connectivity index (χ1n) is 7.45. The first-order chi connectivity index (χ1) is 11.8. The van der Waals surface area contributed by atoms with Crippen LogP contribution in [-0.2, 0) is 25.1 Å². The maximum absolute atomic E-state index is 14.5. The van der Waals surface area contributed by atoms with E-state index in [1.165, 1.54) is 0 Å². The molecule has 0 spiro atoms. The van der Waals surface area contributed by atoms with E-state index < -0.39 is 51.6 Å². The van der Waals surface area contributed by atoms with E-state index in [9.17, 15) is 27.4 Å². The van der Waals surface area contributed by atoms with Crippen molar-refractivity contribution in [3.63, 3.8) is 0 Å². The summed E-state index contributed by atoms with van der Waals surface area (Å²) in [7, 11) is -1.61. The Kier molecular flexibility index (Phi) is 4.55. The Morgan fingerprint density at radius 2 is 1.92 bits per heavy atom. The van der Waals surface area contributed by atoms with Gasteiger partial charge in [0.05, 0.1) is 23.0 Å². The predicted octanol–water partition coefficient (Wildman–Crippen LogP) is 0.928. The number of hydrogen-bond acceptors (Lipinski definition) is 5. The lowest BCUT2D eigenvalue weighted by molar-refractivity contribution is -0.124. The molecule has 25 heavy (non-hydrogen) atoms. The number of primary amides is 1. The van der Waals surface area contributed by atoms with Gasteiger partial charge in [0.15, 0.2) is 6.10 Å². The number of halogens is 2. The lowest BCUT2D eigenvalue weighted by Gasteiger charge is -2.23. The Bertz CT molecular complexity index is 777. The molecule has 0 aromatic heterocycles. The van der Waals surface area contributed by atoms with E-state index >= 15 is 0 Å². The van der Waals surface area contributed by atoms with E-state index in [-0.39, 0.29) is 36.4 Å². The molecule has 134 valence electrons. The second kappa shape index (κ2) is 6.51. The highest BCUT2D eigenvalue weighted by Gasteiger charge is 2.37. The van der Waals surface area contributed by atoms with Gasteiger partial charge in [-0.25, -0.2) is 13.6 Å². The molecular formula is C15H14F2N2O5S. The van der Waals surface area contributed by atoms with Crippen molar-refractivity contribution in [2.24, 2.45) is 5.73 Å². The molecular weight excluding hydrogens is 358 g/mol. The third kappa shape index (κ3) is 3.26. The largest absolute Gasteiger partial charge is 0.434 e. The Balaban J connectivity index is 1.88. The summed E-state index contributed by atoms with van der Waals surface area (Å²) in [6.45, 7) is -0.243. The molecule has 1 aromatic rings. The highest BCUT2D eigenvalue weighted by molar-refractivity contribution is 8.00. The molecule has 0 radical (unpaired) electrons. The van der Waals surface area contributed by atoms with Crippen molar-refractivity contribution in [3.05, 3.63) is 29.3 Å². The summed E-state index contributed by atoms with van der Waals surface area (Å²) in [5, 5.41) is -0.536. The zero-order valence-corrected chi connectivity index (χ0v) is 13.7. The molecule has 0 unspecified atom stereocenters. The van der Waals surface area contributed by atoms with E-state index in [1.807, 2.05) is 0 Å². The van der Waals surface area contributed by atoms with Crippen molar-refractivity contribution >= 4 is 33.6 Å². The fourth-order valence-electron chi connectivity index (χ4n) is 2.94. The highest BCUT2D eigenvalue weighted by Crippen LogP contribution is 2.35. The molecule has 3 rings (SSSR count). The van der Waals surface area contributed by atoms with Gasteiger partial charge in [0, 0.05) is 17.7 Å². The summed E-state index contributed by atoms with van der Waals surface area (Å²) in [5.74, 6) is -3.35. The number of anilines is 1. The average Bonchev–Trinajstić information content (AvgIpc) is 2.92. The number of hydrogen-bond donors (Lipinski definition) is 1. The first kappa shape index (κ1) is 17.5. The lowest BCUT2D eigenvalue weighted by Crippen LogP contribution is -2.32. The smallest absolute Gasteiger partial charge is 0.415 e. The quantitative estimate of drug-likeness (QED) is 0.849. The Morgan fingerprint density at radius 1 is 1.28 bits per heavy atom. The van der Waals surface area contributed by atoms with Crippen molar-refractivity contribution in [1.82, 2.24) is 0 Å². The van der Waals surface area contributed by atoms with Crippen LogP contribution in [0.1, 0.15) is 24.3 Å². The van der Waals surface area contributed by atoms with Gasteiger partial charge in [0.1, 0.15) is 11.6 Å².